The first kappa shape index (κ1) is 41.4. The van der Waals surface area contributed by atoms with Crippen molar-refractivity contribution < 1.29 is 27.5 Å². The van der Waals surface area contributed by atoms with Crippen LogP contribution in [0.3, 0.4) is 0 Å². The highest BCUT2D eigenvalue weighted by atomic mass is 31.1. The number of nitrogens with zero attached hydrogens (tertiary/aromatic N) is 1. The molecule has 4 atom stereocenters. The van der Waals surface area contributed by atoms with Crippen molar-refractivity contribution in [1.29, 1.82) is 0 Å². The van der Waals surface area contributed by atoms with Gasteiger partial charge in [0.05, 0.1) is 5.92 Å². The fraction of sp³-hybridized carbons (Fsp3) is 0.275. The Kier molecular flexibility index (Phi) is 13.9. The molecule has 6 aromatic carbocycles. The Morgan fingerprint density at radius 3 is 1.68 bits per heavy atom. The molecule has 0 spiro atoms. The second kappa shape index (κ2) is 19.8. The van der Waals surface area contributed by atoms with Gasteiger partial charge in [-0.25, -0.2) is 0 Å². The van der Waals surface area contributed by atoms with Crippen LogP contribution in [-0.2, 0) is 19.1 Å². The minimum Gasteiger partial charge on any atom is -0.467 e. The fourth-order valence-electron chi connectivity index (χ4n) is 8.23. The van der Waals surface area contributed by atoms with Crippen LogP contribution in [0, 0.1) is 11.8 Å². The summed E-state index contributed by atoms with van der Waals surface area (Å²) >= 11 is 0. The van der Waals surface area contributed by atoms with E-state index in [1.165, 1.54) is 21.9 Å². The monoisotopic (exact) mass is 805 g/mol. The average Bonchev–Trinajstić information content (AvgIpc) is 3.45. The van der Waals surface area contributed by atoms with Crippen molar-refractivity contribution in [3.63, 3.8) is 0 Å². The van der Waals surface area contributed by atoms with Crippen LogP contribution in [0.4, 0.5) is 0 Å². The predicted molar refractivity (Wildman–Crippen MR) is 241 cm³/mol. The zero-order chi connectivity index (χ0) is 41.1. The molecule has 0 bridgehead atoms. The lowest BCUT2D eigenvalue weighted by Crippen LogP contribution is -2.30. The van der Waals surface area contributed by atoms with Gasteiger partial charge in [0.2, 0.25) is 0 Å². The number of carbonyl (C=O) groups is 3. The first-order chi connectivity index (χ1) is 28.8. The Bertz CT molecular complexity index is 2460. The van der Waals surface area contributed by atoms with Crippen molar-refractivity contribution in [3.05, 3.63) is 157 Å². The second-order valence-electron chi connectivity index (χ2n) is 15.4. The number of carbonyl (C=O) groups excluding carboxylic acids is 3. The van der Waals surface area contributed by atoms with Gasteiger partial charge >= 0.3 is 8.16 Å². The quantitative estimate of drug-likeness (QED) is 0.141. The summed E-state index contributed by atoms with van der Waals surface area (Å²) in [6.45, 7) is 7.21. The highest BCUT2D eigenvalue weighted by Crippen LogP contribution is 2.47. The molecule has 1 heterocycles. The van der Waals surface area contributed by atoms with Crippen LogP contribution in [0.1, 0.15) is 82.5 Å². The first-order valence-electron chi connectivity index (χ1n) is 20.7. The lowest BCUT2D eigenvalue weighted by molar-refractivity contribution is -0.136. The molecule has 2 aliphatic rings. The molecule has 8 heteroatoms. The molecular formula is C51H52NO6P. The van der Waals surface area contributed by atoms with Crippen LogP contribution in [0.15, 0.2) is 154 Å². The van der Waals surface area contributed by atoms with Gasteiger partial charge in [-0.15, -0.1) is 0 Å². The third-order valence-corrected chi connectivity index (χ3v) is 13.3. The molecule has 1 saturated carbocycles. The van der Waals surface area contributed by atoms with Gasteiger partial charge in [0.15, 0.2) is 5.78 Å². The van der Waals surface area contributed by atoms with Gasteiger partial charge in [0.1, 0.15) is 23.6 Å². The van der Waals surface area contributed by atoms with Gasteiger partial charge in [-0.3, -0.25) is 14.4 Å². The maximum atomic E-state index is 11.3. The van der Waals surface area contributed by atoms with Crippen molar-refractivity contribution in [2.24, 2.45) is 11.8 Å². The number of hydrogen-bond donors (Lipinski definition) is 0. The van der Waals surface area contributed by atoms with E-state index in [9.17, 15) is 14.4 Å². The Morgan fingerprint density at radius 1 is 0.695 bits per heavy atom. The number of ketones is 2. The Balaban J connectivity index is 0.000000228. The molecule has 0 aliphatic heterocycles. The van der Waals surface area contributed by atoms with Crippen LogP contribution in [0.25, 0.3) is 43.5 Å². The standard InChI is InChI=1S/C36H30NO2P.C9H14O3.C6H8O/c1-25(27-13-5-3-6-14-27)37(26(2)28-15-7-4-8-16-28)40-38-33-23-21-29-17-9-11-19-31(29)35(33)36-32-20-12-10-18-30(32)22-24-34(36)39-40;1-7-3-2-4-9(11)8(7)5-12-6-10;7-6-4-2-1-3-5-6/h3-26H,1-2H3;6-8H,2-5H2,1H3;2,4H,1,3,5H2/t25-,26-;7-,8+;/m01./s1. The summed E-state index contributed by atoms with van der Waals surface area (Å²) in [6, 6.07) is 47.0. The molecule has 0 N–H and O–H groups in total. The number of rotatable bonds is 8. The Morgan fingerprint density at radius 2 is 1.22 bits per heavy atom. The number of fused-ring (bicyclic) bond motifs is 7. The molecule has 9 rings (SSSR count). The summed E-state index contributed by atoms with van der Waals surface area (Å²) in [7, 11) is -1.54. The second-order valence-corrected chi connectivity index (χ2v) is 16.7. The zero-order valence-corrected chi connectivity index (χ0v) is 34.9. The molecule has 0 unspecified atom stereocenters. The van der Waals surface area contributed by atoms with E-state index in [2.05, 4.69) is 157 Å². The molecular weight excluding hydrogens is 754 g/mol. The predicted octanol–water partition coefficient (Wildman–Crippen LogP) is 13.5. The number of hydrogen-bond acceptors (Lipinski definition) is 7. The molecule has 0 saturated heterocycles. The summed E-state index contributed by atoms with van der Waals surface area (Å²) in [5, 5.41) is 6.88. The normalized spacial score (nSPS) is 17.5. The minimum atomic E-state index is -1.54. The van der Waals surface area contributed by atoms with E-state index in [1.807, 2.05) is 13.0 Å². The van der Waals surface area contributed by atoms with Gasteiger partial charge in [-0.05, 0) is 96.3 Å². The molecule has 7 nitrogen and oxygen atoms in total. The molecule has 7 aromatic rings. The molecule has 0 radical (unpaired) electrons. The average molecular weight is 806 g/mol. The van der Waals surface area contributed by atoms with Crippen molar-refractivity contribution in [1.82, 2.24) is 0 Å². The summed E-state index contributed by atoms with van der Waals surface area (Å²) in [5.74, 6) is 0.844. The Hall–Kier alpha value is -5.75. The topological polar surface area (TPSA) is 90.0 Å². The van der Waals surface area contributed by atoms with Crippen molar-refractivity contribution in [2.75, 3.05) is 11.3 Å². The Labute approximate surface area is 347 Å². The largest absolute Gasteiger partial charge is 0.467 e. The lowest BCUT2D eigenvalue weighted by Gasteiger charge is -2.31. The van der Waals surface area contributed by atoms with E-state index in [-0.39, 0.29) is 36.2 Å². The molecule has 2 aliphatic carbocycles. The maximum Gasteiger partial charge on any atom is 0.310 e. The highest BCUT2D eigenvalue weighted by molar-refractivity contribution is 7.39. The van der Waals surface area contributed by atoms with E-state index in [1.54, 1.807) is 6.08 Å². The third kappa shape index (κ3) is 9.76. The smallest absolute Gasteiger partial charge is 0.310 e. The number of Topliss-reactive ketones (excluding diaryl/α,β-unsaturated/α-hetero) is 1. The molecule has 1 fully saturated rings. The van der Waals surface area contributed by atoms with Crippen molar-refractivity contribution in [3.8, 4) is 0 Å². The molecule has 1 aromatic heterocycles. The zero-order valence-electron chi connectivity index (χ0n) is 34.0. The van der Waals surface area contributed by atoms with Gasteiger partial charge in [-0.1, -0.05) is 134 Å². The highest BCUT2D eigenvalue weighted by Gasteiger charge is 2.30. The molecule has 0 amide bonds. The van der Waals surface area contributed by atoms with Crippen LogP contribution in [0.5, 0.6) is 0 Å². The summed E-state index contributed by atoms with van der Waals surface area (Å²) in [5.41, 5.74) is 4.15. The number of allylic oxidation sites excluding steroid dienone is 2. The van der Waals surface area contributed by atoms with Crippen LogP contribution in [-0.4, -0.2) is 24.6 Å². The van der Waals surface area contributed by atoms with Crippen molar-refractivity contribution >= 4 is 69.7 Å². The van der Waals surface area contributed by atoms with E-state index in [4.69, 9.17) is 8.39 Å². The van der Waals surface area contributed by atoms with Crippen molar-refractivity contribution in [2.45, 2.75) is 71.4 Å². The van der Waals surface area contributed by atoms with E-state index in [0.717, 1.165) is 64.8 Å². The maximum absolute atomic E-state index is 11.3. The summed E-state index contributed by atoms with van der Waals surface area (Å²) in [6.07, 6.45) is 9.21. The van der Waals surface area contributed by atoms with Crippen LogP contribution < -0.4 is 4.67 Å². The third-order valence-electron chi connectivity index (χ3n) is 11.6. The number of ether oxygens (including phenoxy) is 1. The summed E-state index contributed by atoms with van der Waals surface area (Å²) in [4.78, 5) is 31.6. The summed E-state index contributed by atoms with van der Waals surface area (Å²) < 4.78 is 21.0. The lowest BCUT2D eigenvalue weighted by atomic mass is 9.80. The van der Waals surface area contributed by atoms with Crippen LogP contribution in [0.2, 0.25) is 0 Å². The van der Waals surface area contributed by atoms with Gasteiger partial charge in [-0.2, -0.15) is 4.67 Å². The first-order valence-corrected chi connectivity index (χ1v) is 21.8. The fourth-order valence-corrected chi connectivity index (χ4v) is 9.93. The minimum absolute atomic E-state index is 0.0495. The van der Waals surface area contributed by atoms with E-state index < -0.39 is 8.16 Å². The van der Waals surface area contributed by atoms with Gasteiger partial charge in [0.25, 0.3) is 6.47 Å². The van der Waals surface area contributed by atoms with Gasteiger partial charge < -0.3 is 13.1 Å². The van der Waals surface area contributed by atoms with Crippen LogP contribution >= 0.6 is 8.16 Å². The SMILES string of the molecule is C[C@@H](c1ccccc1)N([C@@H](C)c1ccccc1)p1oc2ccc3ccccc3c2c2c(ccc3ccccc32)o1.C[C@@H]1CCCC(=O)[C@H]1COC=O.O=C1C=CCCC1. The number of benzene rings is 6. The van der Waals surface area contributed by atoms with E-state index >= 15 is 0 Å². The van der Waals surface area contributed by atoms with Gasteiger partial charge in [0, 0.05) is 35.7 Å². The van der Waals surface area contributed by atoms with E-state index in [0.29, 0.717) is 18.8 Å². The molecule has 59 heavy (non-hydrogen) atoms. The molecule has 302 valence electrons.